The smallest absolute Gasteiger partial charge is 0.316 e. The van der Waals surface area contributed by atoms with Gasteiger partial charge < -0.3 is 19.9 Å². The van der Waals surface area contributed by atoms with Crippen molar-refractivity contribution in [1.29, 1.82) is 0 Å². The second kappa shape index (κ2) is 7.34. The van der Waals surface area contributed by atoms with E-state index in [0.29, 0.717) is 27.7 Å². The number of nitrogens with one attached hydrogen (secondary N) is 1. The van der Waals surface area contributed by atoms with Gasteiger partial charge in [-0.05, 0) is 46.0 Å². The number of hydrogen-bond donors (Lipinski definition) is 2. The minimum absolute atomic E-state index is 0.0627. The molecule has 2 N–H and O–H groups in total. The molecule has 8 heteroatoms. The van der Waals surface area contributed by atoms with Gasteiger partial charge in [0.1, 0.15) is 5.92 Å². The highest BCUT2D eigenvalue weighted by Crippen LogP contribution is 2.45. The minimum Gasteiger partial charge on any atom is -0.503 e. The fraction of sp³-hybridized carbons (Fsp3) is 0.421. The third kappa shape index (κ3) is 3.34. The average Bonchev–Trinajstić information content (AvgIpc) is 2.62. The molecule has 0 radical (unpaired) electrons. The van der Waals surface area contributed by atoms with Crippen molar-refractivity contribution in [2.75, 3.05) is 14.2 Å². The predicted molar refractivity (Wildman–Crippen MR) is 99.2 cm³/mol. The van der Waals surface area contributed by atoms with Crippen molar-refractivity contribution >= 4 is 33.6 Å². The van der Waals surface area contributed by atoms with Crippen molar-refractivity contribution < 1.29 is 29.0 Å². The number of carbonyl (C=O) groups is 3. The zero-order valence-corrected chi connectivity index (χ0v) is 16.8. The van der Waals surface area contributed by atoms with E-state index in [-0.39, 0.29) is 35.5 Å². The first-order valence-corrected chi connectivity index (χ1v) is 9.29. The molecule has 1 aliphatic heterocycles. The SMILES string of the molecule is COC(=O)C1C(=O)C2=C(CC1C)NC(=O)CC2c1cc(Br)c(O)c(OC)c1. The number of phenolic OH excluding ortho intramolecular Hbond substituents is 1. The molecule has 3 atom stereocenters. The van der Waals surface area contributed by atoms with E-state index in [9.17, 15) is 19.5 Å². The molecule has 27 heavy (non-hydrogen) atoms. The minimum atomic E-state index is -0.895. The molecule has 0 bridgehead atoms. The third-order valence-electron chi connectivity index (χ3n) is 5.12. The molecule has 1 heterocycles. The van der Waals surface area contributed by atoms with Crippen molar-refractivity contribution in [3.8, 4) is 11.5 Å². The molecule has 1 aromatic rings. The van der Waals surface area contributed by atoms with Crippen LogP contribution in [-0.2, 0) is 19.1 Å². The lowest BCUT2D eigenvalue weighted by atomic mass is 9.70. The molecule has 0 fully saturated rings. The summed E-state index contributed by atoms with van der Waals surface area (Å²) in [6.45, 7) is 1.79. The van der Waals surface area contributed by atoms with Gasteiger partial charge in [0.05, 0.1) is 18.7 Å². The quantitative estimate of drug-likeness (QED) is 0.555. The van der Waals surface area contributed by atoms with E-state index in [2.05, 4.69) is 21.2 Å². The lowest BCUT2D eigenvalue weighted by Crippen LogP contribution is -2.44. The Bertz CT molecular complexity index is 862. The summed E-state index contributed by atoms with van der Waals surface area (Å²) in [6, 6.07) is 3.26. The molecule has 7 nitrogen and oxygen atoms in total. The summed E-state index contributed by atoms with van der Waals surface area (Å²) in [5.41, 5.74) is 1.62. The predicted octanol–water partition coefficient (Wildman–Crippen LogP) is 2.42. The van der Waals surface area contributed by atoms with E-state index in [1.807, 2.05) is 0 Å². The number of ketones is 1. The van der Waals surface area contributed by atoms with Crippen LogP contribution in [-0.4, -0.2) is 37.0 Å². The van der Waals surface area contributed by atoms with Gasteiger partial charge in [0, 0.05) is 23.6 Å². The van der Waals surface area contributed by atoms with Gasteiger partial charge in [0.25, 0.3) is 0 Å². The molecule has 3 unspecified atom stereocenters. The zero-order chi connectivity index (χ0) is 19.9. The number of rotatable bonds is 3. The molecule has 3 rings (SSSR count). The first-order chi connectivity index (χ1) is 12.8. The Labute approximate surface area is 164 Å². The summed E-state index contributed by atoms with van der Waals surface area (Å²) in [7, 11) is 2.68. The Kier molecular flexibility index (Phi) is 5.28. The highest BCUT2D eigenvalue weighted by Gasteiger charge is 2.45. The number of allylic oxidation sites excluding steroid dienone is 2. The van der Waals surface area contributed by atoms with Gasteiger partial charge >= 0.3 is 5.97 Å². The van der Waals surface area contributed by atoms with Crippen LogP contribution in [0.25, 0.3) is 0 Å². The lowest BCUT2D eigenvalue weighted by molar-refractivity contribution is -0.151. The van der Waals surface area contributed by atoms with Crippen LogP contribution in [0.4, 0.5) is 0 Å². The number of aromatic hydroxyl groups is 1. The molecule has 144 valence electrons. The molecule has 1 aliphatic carbocycles. The van der Waals surface area contributed by atoms with Crippen LogP contribution in [0.5, 0.6) is 11.5 Å². The van der Waals surface area contributed by atoms with Crippen LogP contribution >= 0.6 is 15.9 Å². The molecular weight excluding hydrogens is 418 g/mol. The van der Waals surface area contributed by atoms with E-state index in [4.69, 9.17) is 9.47 Å². The van der Waals surface area contributed by atoms with Gasteiger partial charge in [-0.2, -0.15) is 0 Å². The first-order valence-electron chi connectivity index (χ1n) is 8.49. The third-order valence-corrected chi connectivity index (χ3v) is 5.73. The van der Waals surface area contributed by atoms with Gasteiger partial charge in [0.15, 0.2) is 17.3 Å². The Hall–Kier alpha value is -2.35. The van der Waals surface area contributed by atoms with Gasteiger partial charge in [0.2, 0.25) is 5.91 Å². The maximum absolute atomic E-state index is 13.2. The summed E-state index contributed by atoms with van der Waals surface area (Å²) in [6.07, 6.45) is 0.465. The highest BCUT2D eigenvalue weighted by molar-refractivity contribution is 9.10. The number of phenols is 1. The average molecular weight is 438 g/mol. The normalized spacial score (nSPS) is 25.0. The van der Waals surface area contributed by atoms with Gasteiger partial charge in [-0.3, -0.25) is 14.4 Å². The van der Waals surface area contributed by atoms with Crippen molar-refractivity contribution in [3.63, 3.8) is 0 Å². The van der Waals surface area contributed by atoms with Gasteiger partial charge in [-0.15, -0.1) is 0 Å². The van der Waals surface area contributed by atoms with Crippen molar-refractivity contribution in [2.45, 2.75) is 25.7 Å². The number of esters is 1. The Balaban J connectivity index is 2.12. The largest absolute Gasteiger partial charge is 0.503 e. The Morgan fingerprint density at radius 1 is 1.26 bits per heavy atom. The maximum Gasteiger partial charge on any atom is 0.316 e. The molecule has 1 amide bonds. The van der Waals surface area contributed by atoms with Crippen LogP contribution in [0, 0.1) is 11.8 Å². The van der Waals surface area contributed by atoms with E-state index >= 15 is 0 Å². The summed E-state index contributed by atoms with van der Waals surface area (Å²) in [5.74, 6) is -2.63. The Morgan fingerprint density at radius 2 is 1.96 bits per heavy atom. The van der Waals surface area contributed by atoms with Crippen molar-refractivity contribution in [1.82, 2.24) is 5.32 Å². The van der Waals surface area contributed by atoms with Crippen LogP contribution in [0.1, 0.15) is 31.2 Å². The maximum atomic E-state index is 13.2. The fourth-order valence-corrected chi connectivity index (χ4v) is 4.29. The van der Waals surface area contributed by atoms with Crippen LogP contribution in [0.3, 0.4) is 0 Å². The van der Waals surface area contributed by atoms with Crippen LogP contribution in [0.15, 0.2) is 27.9 Å². The number of carbonyl (C=O) groups excluding carboxylic acids is 3. The van der Waals surface area contributed by atoms with E-state index < -0.39 is 17.8 Å². The summed E-state index contributed by atoms with van der Waals surface area (Å²) in [5, 5.41) is 12.8. The van der Waals surface area contributed by atoms with E-state index in [0.717, 1.165) is 0 Å². The number of amides is 1. The molecule has 2 aliphatic rings. The molecule has 0 saturated carbocycles. The number of ether oxygens (including phenoxy) is 2. The first kappa shape index (κ1) is 19.4. The monoisotopic (exact) mass is 437 g/mol. The second-order valence-electron chi connectivity index (χ2n) is 6.80. The van der Waals surface area contributed by atoms with Gasteiger partial charge in [-0.1, -0.05) is 6.92 Å². The van der Waals surface area contributed by atoms with Crippen molar-refractivity contribution in [2.24, 2.45) is 11.8 Å². The molecule has 0 spiro atoms. The van der Waals surface area contributed by atoms with E-state index in [1.54, 1.807) is 19.1 Å². The number of halogens is 1. The van der Waals surface area contributed by atoms with Crippen LogP contribution in [0.2, 0.25) is 0 Å². The number of Topliss-reactive ketones (excluding diaryl/α,β-unsaturated/α-hetero) is 1. The lowest BCUT2D eigenvalue weighted by Gasteiger charge is -2.36. The molecule has 0 aromatic heterocycles. The second-order valence-corrected chi connectivity index (χ2v) is 7.65. The summed E-state index contributed by atoms with van der Waals surface area (Å²) in [4.78, 5) is 37.6. The molecule has 0 saturated heterocycles. The highest BCUT2D eigenvalue weighted by atomic mass is 79.9. The standard InChI is InChI=1S/C19H20BrNO6/c1-8-4-12-16(18(24)15(8)19(25)27-3)10(7-14(22)21-12)9-5-11(20)17(23)13(6-9)26-2/h5-6,8,10,15,23H,4,7H2,1-3H3,(H,21,22). The molecule has 1 aromatic carbocycles. The number of hydrogen-bond acceptors (Lipinski definition) is 6. The van der Waals surface area contributed by atoms with E-state index in [1.165, 1.54) is 14.2 Å². The molecular formula is C19H20BrNO6. The number of methoxy groups -OCH3 is 2. The van der Waals surface area contributed by atoms with Crippen molar-refractivity contribution in [3.05, 3.63) is 33.4 Å². The van der Waals surface area contributed by atoms with Gasteiger partial charge in [-0.25, -0.2) is 0 Å². The fourth-order valence-electron chi connectivity index (χ4n) is 3.83. The summed E-state index contributed by atoms with van der Waals surface area (Å²) >= 11 is 3.27. The zero-order valence-electron chi connectivity index (χ0n) is 15.2. The van der Waals surface area contributed by atoms with Crippen LogP contribution < -0.4 is 10.1 Å². The number of benzene rings is 1. The summed E-state index contributed by atoms with van der Waals surface area (Å²) < 4.78 is 10.4. The topological polar surface area (TPSA) is 102 Å². The Morgan fingerprint density at radius 3 is 2.59 bits per heavy atom.